The molecule has 1 aliphatic heterocycles. The molecule has 0 N–H and O–H groups in total. The molecule has 0 saturated carbocycles. The van der Waals surface area contributed by atoms with Gasteiger partial charge in [-0.25, -0.2) is 0 Å². The second-order valence-electron chi connectivity index (χ2n) is 4.10. The molecule has 0 radical (unpaired) electrons. The van der Waals surface area contributed by atoms with E-state index in [1.54, 1.807) is 24.3 Å². The van der Waals surface area contributed by atoms with Gasteiger partial charge in [0.15, 0.2) is 5.75 Å². The van der Waals surface area contributed by atoms with Gasteiger partial charge in [0.05, 0.1) is 22.1 Å². The molecule has 0 aromatic heterocycles. The summed E-state index contributed by atoms with van der Waals surface area (Å²) < 4.78 is 5.60. The molecule has 0 aliphatic carbocycles. The second kappa shape index (κ2) is 6.83. The molecule has 0 spiro atoms. The Balaban J connectivity index is 2.35. The van der Waals surface area contributed by atoms with Gasteiger partial charge in [0.25, 0.3) is 5.91 Å². The van der Waals surface area contributed by atoms with Gasteiger partial charge in [-0.15, -0.1) is 6.58 Å². The minimum Gasteiger partial charge on any atom is -0.494 e. The van der Waals surface area contributed by atoms with E-state index >= 15 is 0 Å². The Morgan fingerprint density at radius 1 is 1.43 bits per heavy atom. The van der Waals surface area contributed by atoms with Crippen LogP contribution in [-0.2, 0) is 4.79 Å². The second-order valence-corrected chi connectivity index (χ2v) is 6.59. The van der Waals surface area contributed by atoms with Crippen LogP contribution < -0.4 is 4.74 Å². The van der Waals surface area contributed by atoms with Gasteiger partial charge in [-0.2, -0.15) is 0 Å². The maximum atomic E-state index is 12.2. The highest BCUT2D eigenvalue weighted by atomic mass is 35.5. The van der Waals surface area contributed by atoms with Crippen molar-refractivity contribution in [2.45, 2.75) is 0 Å². The minimum absolute atomic E-state index is 0.145. The molecule has 1 aliphatic rings. The Hall–Kier alpha value is -1.01. The van der Waals surface area contributed by atoms with Crippen molar-refractivity contribution < 1.29 is 9.53 Å². The SMILES string of the molecule is C=CCN1C(=O)/C(=C/c2cc(Cl)c(OC)c(Cl)c2)SC1=S. The first-order valence-corrected chi connectivity index (χ1v) is 7.85. The zero-order chi connectivity index (χ0) is 15.6. The van der Waals surface area contributed by atoms with Gasteiger partial charge in [0.2, 0.25) is 0 Å². The van der Waals surface area contributed by atoms with Crippen LogP contribution in [0.2, 0.25) is 10.0 Å². The van der Waals surface area contributed by atoms with Crippen LogP contribution in [0.15, 0.2) is 29.7 Å². The number of nitrogens with zero attached hydrogens (tertiary/aromatic N) is 1. The zero-order valence-corrected chi connectivity index (χ0v) is 14.2. The lowest BCUT2D eigenvalue weighted by atomic mass is 10.2. The number of carbonyl (C=O) groups excluding carboxylic acids is 1. The Morgan fingerprint density at radius 3 is 2.57 bits per heavy atom. The maximum Gasteiger partial charge on any atom is 0.266 e. The highest BCUT2D eigenvalue weighted by Gasteiger charge is 2.31. The van der Waals surface area contributed by atoms with Crippen LogP contribution in [0.1, 0.15) is 5.56 Å². The first-order chi connectivity index (χ1) is 9.97. The number of thioether (sulfide) groups is 1. The van der Waals surface area contributed by atoms with E-state index in [2.05, 4.69) is 6.58 Å². The van der Waals surface area contributed by atoms with Crippen molar-refractivity contribution in [3.05, 3.63) is 45.3 Å². The summed E-state index contributed by atoms with van der Waals surface area (Å²) >= 11 is 18.6. The number of rotatable bonds is 4. The molecule has 7 heteroatoms. The molecule has 2 rings (SSSR count). The number of halogens is 2. The molecule has 1 saturated heterocycles. The third kappa shape index (κ3) is 3.43. The van der Waals surface area contributed by atoms with Crippen LogP contribution in [0.3, 0.4) is 0 Å². The third-order valence-electron chi connectivity index (χ3n) is 2.71. The Morgan fingerprint density at radius 2 is 2.05 bits per heavy atom. The minimum atomic E-state index is -0.145. The number of thiocarbonyl (C=S) groups is 1. The van der Waals surface area contributed by atoms with Crippen molar-refractivity contribution in [3.8, 4) is 5.75 Å². The number of benzene rings is 1. The van der Waals surface area contributed by atoms with Crippen molar-refractivity contribution in [3.63, 3.8) is 0 Å². The summed E-state index contributed by atoms with van der Waals surface area (Å²) in [5.74, 6) is 0.266. The normalized spacial score (nSPS) is 16.7. The first-order valence-electron chi connectivity index (χ1n) is 5.87. The maximum absolute atomic E-state index is 12.2. The summed E-state index contributed by atoms with van der Waals surface area (Å²) in [4.78, 5) is 14.2. The van der Waals surface area contributed by atoms with E-state index in [9.17, 15) is 4.79 Å². The number of methoxy groups -OCH3 is 1. The van der Waals surface area contributed by atoms with Gasteiger partial charge in [-0.3, -0.25) is 9.69 Å². The number of hydrogen-bond acceptors (Lipinski definition) is 4. The highest BCUT2D eigenvalue weighted by molar-refractivity contribution is 8.26. The fourth-order valence-electron chi connectivity index (χ4n) is 1.80. The molecule has 0 bridgehead atoms. The number of carbonyl (C=O) groups is 1. The predicted molar refractivity (Wildman–Crippen MR) is 93.1 cm³/mol. The molecule has 3 nitrogen and oxygen atoms in total. The molecule has 0 unspecified atom stereocenters. The molecule has 21 heavy (non-hydrogen) atoms. The molecular weight excluding hydrogens is 349 g/mol. The van der Waals surface area contributed by atoms with Crippen LogP contribution in [0.4, 0.5) is 0 Å². The largest absolute Gasteiger partial charge is 0.494 e. The fourth-order valence-corrected chi connectivity index (χ4v) is 3.73. The van der Waals surface area contributed by atoms with E-state index in [0.29, 0.717) is 37.1 Å². The van der Waals surface area contributed by atoms with Crippen LogP contribution in [-0.4, -0.2) is 28.8 Å². The molecule has 110 valence electrons. The van der Waals surface area contributed by atoms with Gasteiger partial charge in [0.1, 0.15) is 4.32 Å². The monoisotopic (exact) mass is 359 g/mol. The summed E-state index contributed by atoms with van der Waals surface area (Å²) in [6.07, 6.45) is 3.34. The average Bonchev–Trinajstić information content (AvgIpc) is 2.66. The Labute approximate surface area is 142 Å². The standard InChI is InChI=1S/C14H11Cl2NO2S2/c1-3-4-17-13(18)11(21-14(17)20)7-8-5-9(15)12(19-2)10(16)6-8/h3,5-7H,1,4H2,2H3/b11-7-. The highest BCUT2D eigenvalue weighted by Crippen LogP contribution is 2.37. The van der Waals surface area contributed by atoms with E-state index in [1.807, 2.05) is 0 Å². The van der Waals surface area contributed by atoms with Gasteiger partial charge < -0.3 is 4.74 Å². The zero-order valence-electron chi connectivity index (χ0n) is 11.1. The summed E-state index contributed by atoms with van der Waals surface area (Å²) in [6.45, 7) is 4.01. The Bertz CT molecular complexity index is 635. The number of hydrogen-bond donors (Lipinski definition) is 0. The van der Waals surface area contributed by atoms with E-state index in [1.165, 1.54) is 23.8 Å². The predicted octanol–water partition coefficient (Wildman–Crippen LogP) is 4.39. The molecule has 1 aromatic rings. The van der Waals surface area contributed by atoms with Gasteiger partial charge in [-0.05, 0) is 23.8 Å². The lowest BCUT2D eigenvalue weighted by Gasteiger charge is -2.10. The third-order valence-corrected chi connectivity index (χ3v) is 4.65. The first kappa shape index (κ1) is 16.4. The lowest BCUT2D eigenvalue weighted by Crippen LogP contribution is -2.27. The molecule has 1 amide bonds. The van der Waals surface area contributed by atoms with Crippen molar-refractivity contribution in [1.82, 2.24) is 4.90 Å². The fraction of sp³-hybridized carbons (Fsp3) is 0.143. The van der Waals surface area contributed by atoms with Gasteiger partial charge >= 0.3 is 0 Å². The van der Waals surface area contributed by atoms with E-state index in [0.717, 1.165) is 0 Å². The van der Waals surface area contributed by atoms with Gasteiger partial charge in [-0.1, -0.05) is 53.3 Å². The summed E-state index contributed by atoms with van der Waals surface area (Å²) in [6, 6.07) is 3.37. The summed E-state index contributed by atoms with van der Waals surface area (Å²) in [5.41, 5.74) is 0.713. The molecule has 0 atom stereocenters. The van der Waals surface area contributed by atoms with Crippen LogP contribution in [0.25, 0.3) is 6.08 Å². The van der Waals surface area contributed by atoms with Crippen LogP contribution in [0, 0.1) is 0 Å². The molecular formula is C14H11Cl2NO2S2. The van der Waals surface area contributed by atoms with Crippen molar-refractivity contribution in [2.24, 2.45) is 0 Å². The Kier molecular flexibility index (Phi) is 5.32. The molecule has 1 aromatic carbocycles. The van der Waals surface area contributed by atoms with Crippen molar-refractivity contribution in [1.29, 1.82) is 0 Å². The molecule has 1 fully saturated rings. The van der Waals surface area contributed by atoms with Crippen LogP contribution in [0.5, 0.6) is 5.75 Å². The van der Waals surface area contributed by atoms with E-state index < -0.39 is 0 Å². The van der Waals surface area contributed by atoms with Crippen molar-refractivity contribution in [2.75, 3.05) is 13.7 Å². The molecule has 1 heterocycles. The van der Waals surface area contributed by atoms with Crippen molar-refractivity contribution >= 4 is 63.5 Å². The summed E-state index contributed by atoms with van der Waals surface area (Å²) in [7, 11) is 1.49. The van der Waals surface area contributed by atoms with E-state index in [-0.39, 0.29) is 5.91 Å². The number of ether oxygens (including phenoxy) is 1. The quantitative estimate of drug-likeness (QED) is 0.453. The van der Waals surface area contributed by atoms with Gasteiger partial charge in [0, 0.05) is 6.54 Å². The van der Waals surface area contributed by atoms with Crippen LogP contribution >= 0.6 is 47.2 Å². The number of amides is 1. The lowest BCUT2D eigenvalue weighted by molar-refractivity contribution is -0.121. The van der Waals surface area contributed by atoms with E-state index in [4.69, 9.17) is 40.2 Å². The topological polar surface area (TPSA) is 29.5 Å². The smallest absolute Gasteiger partial charge is 0.266 e. The summed E-state index contributed by atoms with van der Waals surface area (Å²) in [5, 5.41) is 0.774. The average molecular weight is 360 g/mol.